The summed E-state index contributed by atoms with van der Waals surface area (Å²) in [6, 6.07) is 0. The normalized spacial score (nSPS) is 42.8. The number of terminal acetylenes is 2. The van der Waals surface area contributed by atoms with E-state index >= 15 is 0 Å². The lowest BCUT2D eigenvalue weighted by atomic mass is 10.00. The molecule has 2 rings (SSSR count). The van der Waals surface area contributed by atoms with Crippen molar-refractivity contribution in [2.75, 3.05) is 26.4 Å². The molecular weight excluding hydrogens is 408 g/mol. The van der Waals surface area contributed by atoms with Crippen LogP contribution in [0.2, 0.25) is 0 Å². The predicted octanol–water partition coefficient (Wildman–Crippen LogP) is -3.37. The Labute approximate surface area is 172 Å². The van der Waals surface area contributed by atoms with E-state index in [9.17, 15) is 30.6 Å². The van der Waals surface area contributed by atoms with Crippen molar-refractivity contribution in [2.24, 2.45) is 0 Å². The smallest absolute Gasteiger partial charge is 0.134 e. The van der Waals surface area contributed by atoms with Crippen molar-refractivity contribution < 1.29 is 49.6 Å². The van der Waals surface area contributed by atoms with Gasteiger partial charge in [0.2, 0.25) is 0 Å². The fraction of sp³-hybridized carbons (Fsp3) is 0.778. The molecule has 0 unspecified atom stereocenters. The molecule has 2 aliphatic heterocycles. The summed E-state index contributed by atoms with van der Waals surface area (Å²) in [5.74, 6) is 4.46. The molecule has 0 spiro atoms. The van der Waals surface area contributed by atoms with E-state index in [0.29, 0.717) is 0 Å². The largest absolute Gasteiger partial charge is 0.394 e. The van der Waals surface area contributed by atoms with Crippen molar-refractivity contribution in [1.82, 2.24) is 0 Å². The van der Waals surface area contributed by atoms with Crippen molar-refractivity contribution >= 4 is 11.8 Å². The minimum atomic E-state index is -1.38. The molecule has 0 bridgehead atoms. The molecular formula is C18H26O10S. The summed E-state index contributed by atoms with van der Waals surface area (Å²) in [7, 11) is 0. The minimum Gasteiger partial charge on any atom is -0.394 e. The number of ether oxygens (including phenoxy) is 4. The number of aliphatic hydroxyl groups excluding tert-OH is 6. The first-order valence-corrected chi connectivity index (χ1v) is 9.84. The molecule has 29 heavy (non-hydrogen) atoms. The zero-order valence-corrected chi connectivity index (χ0v) is 16.3. The van der Waals surface area contributed by atoms with Gasteiger partial charge in [-0.3, -0.25) is 0 Å². The molecule has 10 nitrogen and oxygen atoms in total. The Morgan fingerprint density at radius 3 is 1.41 bits per heavy atom. The summed E-state index contributed by atoms with van der Waals surface area (Å²) in [6.07, 6.45) is 0.411. The van der Waals surface area contributed by atoms with Crippen molar-refractivity contribution in [1.29, 1.82) is 0 Å². The maximum absolute atomic E-state index is 10.6. The molecule has 2 aliphatic rings. The standard InChI is InChI=1S/C18H26O10S/c1-3-5-25-15-11(21)9(7-19)27-17(13(15)23)29-18-14(24)16(26-6-4-2)12(22)10(8-20)28-18/h1-2,9-24H,5-8H2/t9-,10-,11+,12+,13-,14-,15+,16+,17+,18+/m1/s1. The first-order chi connectivity index (χ1) is 13.9. The Hall–Kier alpha value is -0.930. The molecule has 6 N–H and O–H groups in total. The van der Waals surface area contributed by atoms with E-state index in [1.807, 2.05) is 0 Å². The Bertz CT molecular complexity index is 542. The maximum Gasteiger partial charge on any atom is 0.134 e. The molecule has 0 aromatic heterocycles. The third-order valence-corrected chi connectivity index (χ3v) is 5.95. The summed E-state index contributed by atoms with van der Waals surface area (Å²) >= 11 is 0.822. The molecule has 11 heteroatoms. The second-order valence-corrected chi connectivity index (χ2v) is 7.71. The Morgan fingerprint density at radius 2 is 1.10 bits per heavy atom. The molecule has 164 valence electrons. The number of rotatable bonds is 8. The van der Waals surface area contributed by atoms with Gasteiger partial charge in [-0.1, -0.05) is 23.6 Å². The third kappa shape index (κ3) is 5.61. The lowest BCUT2D eigenvalue weighted by molar-refractivity contribution is -0.225. The summed E-state index contributed by atoms with van der Waals surface area (Å²) in [5.41, 5.74) is -2.19. The van der Waals surface area contributed by atoms with Gasteiger partial charge >= 0.3 is 0 Å². The van der Waals surface area contributed by atoms with E-state index < -0.39 is 72.9 Å². The van der Waals surface area contributed by atoms with Gasteiger partial charge in [0.05, 0.1) is 13.2 Å². The molecule has 2 fully saturated rings. The van der Waals surface area contributed by atoms with Crippen LogP contribution in [0.4, 0.5) is 0 Å². The van der Waals surface area contributed by atoms with Crippen LogP contribution in [0.1, 0.15) is 0 Å². The molecule has 2 heterocycles. The van der Waals surface area contributed by atoms with Gasteiger partial charge in [0.1, 0.15) is 72.9 Å². The summed E-state index contributed by atoms with van der Waals surface area (Å²) in [4.78, 5) is 0. The van der Waals surface area contributed by atoms with Gasteiger partial charge in [0, 0.05) is 0 Å². The minimum absolute atomic E-state index is 0.183. The van der Waals surface area contributed by atoms with Crippen molar-refractivity contribution in [2.45, 2.75) is 59.7 Å². The van der Waals surface area contributed by atoms with Crippen molar-refractivity contribution in [3.63, 3.8) is 0 Å². The van der Waals surface area contributed by atoms with Gasteiger partial charge in [-0.05, 0) is 0 Å². The molecule has 0 aliphatic carbocycles. The molecule has 0 amide bonds. The SMILES string of the molecule is C#CCO[C@H]1[C@@H](O)[C@@H](CO)O[C@@H](S[C@@H]2O[C@H](CO)[C@H](O)[C@H](OCC#C)[C@H]2O)[C@@H]1O. The maximum atomic E-state index is 10.6. The van der Waals surface area contributed by atoms with Crippen LogP contribution in [-0.4, -0.2) is 117 Å². The van der Waals surface area contributed by atoms with Crippen LogP contribution in [0.5, 0.6) is 0 Å². The third-order valence-electron chi connectivity index (χ3n) is 4.63. The van der Waals surface area contributed by atoms with Crippen LogP contribution < -0.4 is 0 Å². The molecule has 0 radical (unpaired) electrons. The first kappa shape index (κ1) is 24.3. The zero-order valence-electron chi connectivity index (χ0n) is 15.5. The van der Waals surface area contributed by atoms with Gasteiger partial charge in [-0.25, -0.2) is 0 Å². The van der Waals surface area contributed by atoms with Crippen molar-refractivity contribution in [3.05, 3.63) is 0 Å². The van der Waals surface area contributed by atoms with E-state index in [1.165, 1.54) is 0 Å². The van der Waals surface area contributed by atoms with E-state index in [-0.39, 0.29) is 13.2 Å². The molecule has 0 saturated carbocycles. The van der Waals surface area contributed by atoms with Gasteiger partial charge in [-0.2, -0.15) is 0 Å². The molecule has 10 atom stereocenters. The lowest BCUT2D eigenvalue weighted by Gasteiger charge is -2.45. The molecule has 2 saturated heterocycles. The Kier molecular flexibility index (Phi) is 9.62. The average molecular weight is 434 g/mol. The van der Waals surface area contributed by atoms with E-state index in [2.05, 4.69) is 11.8 Å². The highest BCUT2D eigenvalue weighted by atomic mass is 32.2. The highest BCUT2D eigenvalue weighted by molar-refractivity contribution is 8.00. The fourth-order valence-electron chi connectivity index (χ4n) is 3.15. The highest BCUT2D eigenvalue weighted by Crippen LogP contribution is 2.37. The number of thioether (sulfide) groups is 1. The lowest BCUT2D eigenvalue weighted by Crippen LogP contribution is -2.61. The Balaban J connectivity index is 2.16. The highest BCUT2D eigenvalue weighted by Gasteiger charge is 2.50. The topological polar surface area (TPSA) is 158 Å². The predicted molar refractivity (Wildman–Crippen MR) is 100 cm³/mol. The van der Waals surface area contributed by atoms with E-state index in [4.69, 9.17) is 31.8 Å². The summed E-state index contributed by atoms with van der Waals surface area (Å²) < 4.78 is 21.6. The zero-order chi connectivity index (χ0) is 21.6. The number of hydrogen-bond donors (Lipinski definition) is 6. The first-order valence-electron chi connectivity index (χ1n) is 8.90. The van der Waals surface area contributed by atoms with Crippen LogP contribution >= 0.6 is 11.8 Å². The van der Waals surface area contributed by atoms with E-state index in [0.717, 1.165) is 11.8 Å². The van der Waals surface area contributed by atoms with Crippen LogP contribution in [-0.2, 0) is 18.9 Å². The molecule has 0 aromatic rings. The quantitative estimate of drug-likeness (QED) is 0.212. The number of hydrogen-bond acceptors (Lipinski definition) is 11. The van der Waals surface area contributed by atoms with Crippen LogP contribution in [0.3, 0.4) is 0 Å². The van der Waals surface area contributed by atoms with E-state index in [1.54, 1.807) is 0 Å². The summed E-state index contributed by atoms with van der Waals surface area (Å²) in [6.45, 7) is -1.48. The molecule has 0 aromatic carbocycles. The van der Waals surface area contributed by atoms with Crippen molar-refractivity contribution in [3.8, 4) is 24.7 Å². The van der Waals surface area contributed by atoms with Gasteiger partial charge < -0.3 is 49.6 Å². The van der Waals surface area contributed by atoms with Crippen LogP contribution in [0.15, 0.2) is 0 Å². The monoisotopic (exact) mass is 434 g/mol. The Morgan fingerprint density at radius 1 is 0.724 bits per heavy atom. The second-order valence-electron chi connectivity index (χ2n) is 6.51. The second kappa shape index (κ2) is 11.5. The summed E-state index contributed by atoms with van der Waals surface area (Å²) in [5, 5.41) is 60.5. The van der Waals surface area contributed by atoms with Gasteiger partial charge in [0.25, 0.3) is 0 Å². The van der Waals surface area contributed by atoms with Crippen LogP contribution in [0, 0.1) is 24.7 Å². The average Bonchev–Trinajstić information content (AvgIpc) is 2.71. The van der Waals surface area contributed by atoms with Crippen LogP contribution in [0.25, 0.3) is 0 Å². The number of aliphatic hydroxyl groups is 6. The van der Waals surface area contributed by atoms with Gasteiger partial charge in [0.15, 0.2) is 0 Å². The van der Waals surface area contributed by atoms with Gasteiger partial charge in [-0.15, -0.1) is 12.8 Å². The fourth-order valence-corrected chi connectivity index (χ4v) is 4.46.